The van der Waals surface area contributed by atoms with Crippen molar-refractivity contribution in [3.05, 3.63) is 23.9 Å². The number of hydrogen-bond acceptors (Lipinski definition) is 5. The van der Waals surface area contributed by atoms with E-state index in [9.17, 15) is 4.79 Å². The van der Waals surface area contributed by atoms with Gasteiger partial charge < -0.3 is 15.5 Å². The molecule has 0 spiro atoms. The van der Waals surface area contributed by atoms with Crippen LogP contribution in [0.4, 0.5) is 5.82 Å². The molecule has 6 nitrogen and oxygen atoms in total. The highest BCUT2D eigenvalue weighted by molar-refractivity contribution is 5.94. The highest BCUT2D eigenvalue weighted by Gasteiger charge is 2.41. The van der Waals surface area contributed by atoms with Gasteiger partial charge in [-0.05, 0) is 37.3 Å². The molecule has 102 valence electrons. The molecule has 4 N–H and O–H groups in total. The van der Waals surface area contributed by atoms with E-state index in [1.807, 2.05) is 0 Å². The fourth-order valence-corrected chi connectivity index (χ4v) is 2.52. The predicted octanol–water partition coefficient (Wildman–Crippen LogP) is 0.664. The van der Waals surface area contributed by atoms with Crippen molar-refractivity contribution in [1.29, 1.82) is 0 Å². The number of carbonyl (C=O) groups excluding carboxylic acids is 1. The van der Waals surface area contributed by atoms with Crippen LogP contribution in [0.2, 0.25) is 0 Å². The zero-order valence-corrected chi connectivity index (χ0v) is 10.6. The number of hydrogen-bond donors (Lipinski definition) is 3. The normalized spacial score (nSPS) is 26.2. The van der Waals surface area contributed by atoms with Crippen LogP contribution in [0.25, 0.3) is 0 Å². The molecule has 1 aromatic rings. The average molecular weight is 262 g/mol. The maximum absolute atomic E-state index is 12.1. The van der Waals surface area contributed by atoms with Crippen LogP contribution in [0, 0.1) is 5.92 Å². The molecule has 2 unspecified atom stereocenters. The van der Waals surface area contributed by atoms with Crippen molar-refractivity contribution in [3.8, 4) is 0 Å². The number of hydrazine groups is 1. The number of amides is 1. The maximum Gasteiger partial charge on any atom is 0.253 e. The summed E-state index contributed by atoms with van der Waals surface area (Å²) in [5.41, 5.74) is 2.98. The fourth-order valence-electron chi connectivity index (χ4n) is 2.52. The van der Waals surface area contributed by atoms with Crippen molar-refractivity contribution in [2.75, 3.05) is 12.0 Å². The van der Waals surface area contributed by atoms with Crippen LogP contribution in [0.15, 0.2) is 18.3 Å². The average Bonchev–Trinajstić information content (AvgIpc) is 3.19. The van der Waals surface area contributed by atoms with Crippen molar-refractivity contribution in [2.24, 2.45) is 11.8 Å². The summed E-state index contributed by atoms with van der Waals surface area (Å²) in [6.07, 6.45) is 5.04. The number of nitrogen functional groups attached to an aromatic ring is 1. The first-order valence-corrected chi connectivity index (χ1v) is 6.63. The predicted molar refractivity (Wildman–Crippen MR) is 70.4 cm³/mol. The van der Waals surface area contributed by atoms with E-state index in [4.69, 9.17) is 10.6 Å². The van der Waals surface area contributed by atoms with Gasteiger partial charge in [0.15, 0.2) is 0 Å². The molecule has 2 aliphatic rings. The molecule has 0 bridgehead atoms. The van der Waals surface area contributed by atoms with E-state index in [0.717, 1.165) is 13.0 Å². The lowest BCUT2D eigenvalue weighted by Gasteiger charge is -2.19. The lowest BCUT2D eigenvalue weighted by atomic mass is 10.1. The first-order chi connectivity index (χ1) is 9.28. The first-order valence-electron chi connectivity index (χ1n) is 6.63. The van der Waals surface area contributed by atoms with Gasteiger partial charge in [-0.15, -0.1) is 0 Å². The summed E-state index contributed by atoms with van der Waals surface area (Å²) in [6.45, 7) is 0.737. The van der Waals surface area contributed by atoms with Crippen molar-refractivity contribution >= 4 is 11.7 Å². The van der Waals surface area contributed by atoms with Crippen LogP contribution in [0.5, 0.6) is 0 Å². The number of nitrogens with two attached hydrogens (primary N) is 1. The Balaban J connectivity index is 1.63. The van der Waals surface area contributed by atoms with Gasteiger partial charge in [0.2, 0.25) is 0 Å². The van der Waals surface area contributed by atoms with Gasteiger partial charge in [0.1, 0.15) is 5.82 Å². The van der Waals surface area contributed by atoms with E-state index >= 15 is 0 Å². The topological polar surface area (TPSA) is 89.3 Å². The van der Waals surface area contributed by atoms with Crippen molar-refractivity contribution < 1.29 is 9.53 Å². The van der Waals surface area contributed by atoms with Crippen LogP contribution >= 0.6 is 0 Å². The SMILES string of the molecule is NNc1ccc(C(=O)NC2CCOC2C2CC2)cn1. The van der Waals surface area contributed by atoms with Gasteiger partial charge in [-0.3, -0.25) is 4.79 Å². The van der Waals surface area contributed by atoms with Gasteiger partial charge >= 0.3 is 0 Å². The molecule has 1 saturated carbocycles. The number of nitrogens with one attached hydrogen (secondary N) is 2. The highest BCUT2D eigenvalue weighted by atomic mass is 16.5. The van der Waals surface area contributed by atoms with E-state index in [1.54, 1.807) is 12.1 Å². The Kier molecular flexibility index (Phi) is 3.35. The summed E-state index contributed by atoms with van der Waals surface area (Å²) in [4.78, 5) is 16.2. The molecule has 1 amide bonds. The second-order valence-corrected chi connectivity index (χ2v) is 5.12. The Morgan fingerprint density at radius 3 is 2.84 bits per heavy atom. The quantitative estimate of drug-likeness (QED) is 0.548. The van der Waals surface area contributed by atoms with Crippen molar-refractivity contribution in [2.45, 2.75) is 31.4 Å². The molecule has 0 radical (unpaired) electrons. The lowest BCUT2D eigenvalue weighted by molar-refractivity contribution is 0.0729. The van der Waals surface area contributed by atoms with Gasteiger partial charge in [-0.1, -0.05) is 0 Å². The van der Waals surface area contributed by atoms with E-state index in [1.165, 1.54) is 19.0 Å². The minimum atomic E-state index is -0.0998. The van der Waals surface area contributed by atoms with Gasteiger partial charge in [-0.25, -0.2) is 10.8 Å². The third kappa shape index (κ3) is 2.69. The van der Waals surface area contributed by atoms with Crippen LogP contribution in [-0.2, 0) is 4.74 Å². The van der Waals surface area contributed by atoms with E-state index < -0.39 is 0 Å². The van der Waals surface area contributed by atoms with Crippen LogP contribution in [0.3, 0.4) is 0 Å². The summed E-state index contributed by atoms with van der Waals surface area (Å²) in [6, 6.07) is 3.52. The summed E-state index contributed by atoms with van der Waals surface area (Å²) in [7, 11) is 0. The number of aromatic nitrogens is 1. The molecule has 1 aliphatic heterocycles. The summed E-state index contributed by atoms with van der Waals surface area (Å²) < 4.78 is 5.71. The molecule has 1 aliphatic carbocycles. The van der Waals surface area contributed by atoms with E-state index in [0.29, 0.717) is 17.3 Å². The summed E-state index contributed by atoms with van der Waals surface area (Å²) >= 11 is 0. The Morgan fingerprint density at radius 2 is 2.21 bits per heavy atom. The van der Waals surface area contributed by atoms with E-state index in [2.05, 4.69) is 15.7 Å². The van der Waals surface area contributed by atoms with Crippen LogP contribution < -0.4 is 16.6 Å². The molecule has 6 heteroatoms. The summed E-state index contributed by atoms with van der Waals surface area (Å²) in [5.74, 6) is 6.31. The molecule has 1 aromatic heterocycles. The molecule has 2 fully saturated rings. The van der Waals surface area contributed by atoms with Gasteiger partial charge in [0.05, 0.1) is 17.7 Å². The van der Waals surface area contributed by atoms with Crippen molar-refractivity contribution in [1.82, 2.24) is 10.3 Å². The van der Waals surface area contributed by atoms with Crippen LogP contribution in [0.1, 0.15) is 29.6 Å². The second kappa shape index (κ2) is 5.14. The van der Waals surface area contributed by atoms with Gasteiger partial charge in [0, 0.05) is 12.8 Å². The number of nitrogens with zero attached hydrogens (tertiary/aromatic N) is 1. The minimum absolute atomic E-state index is 0.0998. The number of ether oxygens (including phenoxy) is 1. The Hall–Kier alpha value is -1.66. The van der Waals surface area contributed by atoms with Gasteiger partial charge in [-0.2, -0.15) is 0 Å². The Labute approximate surface area is 111 Å². The zero-order valence-electron chi connectivity index (χ0n) is 10.6. The number of pyridine rings is 1. The van der Waals surface area contributed by atoms with Gasteiger partial charge in [0.25, 0.3) is 5.91 Å². The molecule has 19 heavy (non-hydrogen) atoms. The second-order valence-electron chi connectivity index (χ2n) is 5.12. The van der Waals surface area contributed by atoms with E-state index in [-0.39, 0.29) is 18.1 Å². The minimum Gasteiger partial charge on any atom is -0.376 e. The zero-order chi connectivity index (χ0) is 13.2. The Morgan fingerprint density at radius 1 is 1.37 bits per heavy atom. The molecule has 3 rings (SSSR count). The number of anilines is 1. The lowest BCUT2D eigenvalue weighted by Crippen LogP contribution is -2.41. The molecular weight excluding hydrogens is 244 g/mol. The molecule has 2 heterocycles. The van der Waals surface area contributed by atoms with Crippen LogP contribution in [-0.4, -0.2) is 29.6 Å². The summed E-state index contributed by atoms with van der Waals surface area (Å²) in [5, 5.41) is 3.05. The number of rotatable bonds is 4. The maximum atomic E-state index is 12.1. The van der Waals surface area contributed by atoms with Crippen molar-refractivity contribution in [3.63, 3.8) is 0 Å². The molecule has 2 atom stereocenters. The highest BCUT2D eigenvalue weighted by Crippen LogP contribution is 2.38. The first kappa shape index (κ1) is 12.4. The smallest absolute Gasteiger partial charge is 0.253 e. The number of carbonyl (C=O) groups is 1. The third-order valence-corrected chi connectivity index (χ3v) is 3.71. The monoisotopic (exact) mass is 262 g/mol. The molecule has 0 aromatic carbocycles. The Bertz CT molecular complexity index is 458. The third-order valence-electron chi connectivity index (χ3n) is 3.71. The standard InChI is InChI=1S/C13H18N4O2/c14-17-11-4-3-9(7-15-11)13(18)16-10-5-6-19-12(10)8-1-2-8/h3-4,7-8,10,12H,1-2,5-6,14H2,(H,15,17)(H,16,18). The largest absolute Gasteiger partial charge is 0.376 e. The molecule has 1 saturated heterocycles. The molecular formula is C13H18N4O2. The fraction of sp³-hybridized carbons (Fsp3) is 0.538.